The molecule has 0 aliphatic carbocycles. The molecule has 0 bridgehead atoms. The first-order valence-electron chi connectivity index (χ1n) is 8.30. The van der Waals surface area contributed by atoms with Gasteiger partial charge in [0, 0.05) is 32.0 Å². The predicted octanol–water partition coefficient (Wildman–Crippen LogP) is 2.36. The molecule has 132 valence electrons. The van der Waals surface area contributed by atoms with E-state index in [1.54, 1.807) is 6.07 Å². The molecule has 24 heavy (non-hydrogen) atoms. The molecule has 2 N–H and O–H groups in total. The average molecular weight is 337 g/mol. The molecule has 1 heterocycles. The highest BCUT2D eigenvalue weighted by molar-refractivity contribution is 5.94. The molecule has 0 aromatic heterocycles. The van der Waals surface area contributed by atoms with Gasteiger partial charge in [-0.25, -0.2) is 9.18 Å². The lowest BCUT2D eigenvalue weighted by atomic mass is 10.2. The maximum Gasteiger partial charge on any atom is 0.322 e. The largest absolute Gasteiger partial charge is 0.382 e. The molecule has 1 aromatic carbocycles. The summed E-state index contributed by atoms with van der Waals surface area (Å²) >= 11 is 0. The molecule has 1 aromatic rings. The number of anilines is 1. The predicted molar refractivity (Wildman–Crippen MR) is 89.3 cm³/mol. The average Bonchev–Trinajstić information content (AvgIpc) is 3.04. The minimum Gasteiger partial charge on any atom is -0.382 e. The molecule has 1 aliphatic heterocycles. The van der Waals surface area contributed by atoms with Crippen molar-refractivity contribution in [3.05, 3.63) is 30.1 Å². The number of nitrogens with zero attached hydrogens (tertiary/aromatic N) is 1. The fourth-order valence-corrected chi connectivity index (χ4v) is 2.69. The number of nitrogens with one attached hydrogen (secondary N) is 2. The fourth-order valence-electron chi connectivity index (χ4n) is 2.69. The van der Waals surface area contributed by atoms with Crippen molar-refractivity contribution in [2.45, 2.75) is 32.2 Å². The third-order valence-corrected chi connectivity index (χ3v) is 3.86. The highest BCUT2D eigenvalue weighted by atomic mass is 19.1. The first-order valence-corrected chi connectivity index (χ1v) is 8.30. The molecule has 2 rings (SSSR count). The summed E-state index contributed by atoms with van der Waals surface area (Å²) < 4.78 is 18.4. The van der Waals surface area contributed by atoms with Gasteiger partial charge in [0.15, 0.2) is 0 Å². The number of amides is 3. The number of carbonyl (C=O) groups excluding carboxylic acids is 2. The van der Waals surface area contributed by atoms with Crippen LogP contribution in [0.25, 0.3) is 0 Å². The number of benzene rings is 1. The SMILES string of the molecule is CCOCCCNC(=O)[C@H]1CCCN1C(=O)Nc1cccc(F)c1. The molecule has 0 spiro atoms. The van der Waals surface area contributed by atoms with Gasteiger partial charge in [0.1, 0.15) is 11.9 Å². The first kappa shape index (κ1) is 18.2. The molecule has 1 saturated heterocycles. The van der Waals surface area contributed by atoms with Crippen LogP contribution in [0, 0.1) is 5.82 Å². The van der Waals surface area contributed by atoms with Crippen LogP contribution in [0.3, 0.4) is 0 Å². The molecule has 3 amide bonds. The zero-order chi connectivity index (χ0) is 17.4. The lowest BCUT2D eigenvalue weighted by molar-refractivity contribution is -0.124. The van der Waals surface area contributed by atoms with Crippen LogP contribution in [-0.2, 0) is 9.53 Å². The maximum absolute atomic E-state index is 13.2. The molecule has 6 nitrogen and oxygen atoms in total. The first-order chi connectivity index (χ1) is 11.6. The van der Waals surface area contributed by atoms with E-state index in [-0.39, 0.29) is 11.9 Å². The number of halogens is 1. The van der Waals surface area contributed by atoms with Gasteiger partial charge in [-0.2, -0.15) is 0 Å². The summed E-state index contributed by atoms with van der Waals surface area (Å²) in [6.45, 7) is 4.22. The lowest BCUT2D eigenvalue weighted by Crippen LogP contribution is -2.47. The Morgan fingerprint density at radius 2 is 2.25 bits per heavy atom. The van der Waals surface area contributed by atoms with Crippen LogP contribution >= 0.6 is 0 Å². The number of hydrogen-bond acceptors (Lipinski definition) is 3. The van der Waals surface area contributed by atoms with Gasteiger partial charge in [0.2, 0.25) is 5.91 Å². The van der Waals surface area contributed by atoms with Gasteiger partial charge in [-0.3, -0.25) is 4.79 Å². The van der Waals surface area contributed by atoms with Crippen LogP contribution in [0.5, 0.6) is 0 Å². The van der Waals surface area contributed by atoms with Gasteiger partial charge in [0.25, 0.3) is 0 Å². The van der Waals surface area contributed by atoms with Crippen molar-refractivity contribution < 1.29 is 18.7 Å². The van der Waals surface area contributed by atoms with E-state index in [1.807, 2.05) is 6.92 Å². The minimum atomic E-state index is -0.481. The molecule has 0 radical (unpaired) electrons. The van der Waals surface area contributed by atoms with E-state index >= 15 is 0 Å². The normalized spacial score (nSPS) is 16.9. The van der Waals surface area contributed by atoms with Gasteiger partial charge >= 0.3 is 6.03 Å². The van der Waals surface area contributed by atoms with E-state index in [0.717, 1.165) is 12.8 Å². The van der Waals surface area contributed by atoms with Crippen LogP contribution in [-0.4, -0.2) is 49.2 Å². The summed E-state index contributed by atoms with van der Waals surface area (Å²) in [6, 6.07) is 4.83. The minimum absolute atomic E-state index is 0.154. The second-order valence-corrected chi connectivity index (χ2v) is 5.63. The monoisotopic (exact) mass is 337 g/mol. The summed E-state index contributed by atoms with van der Waals surface area (Å²) in [6.07, 6.45) is 2.14. The van der Waals surface area contributed by atoms with Crippen molar-refractivity contribution in [3.63, 3.8) is 0 Å². The van der Waals surface area contributed by atoms with Crippen molar-refractivity contribution in [1.82, 2.24) is 10.2 Å². The Morgan fingerprint density at radius 3 is 3.00 bits per heavy atom. The van der Waals surface area contributed by atoms with Crippen LogP contribution < -0.4 is 10.6 Å². The van der Waals surface area contributed by atoms with Gasteiger partial charge < -0.3 is 20.3 Å². The fraction of sp³-hybridized carbons (Fsp3) is 0.529. The van der Waals surface area contributed by atoms with Crippen molar-refractivity contribution >= 4 is 17.6 Å². The molecule has 1 atom stereocenters. The van der Waals surface area contributed by atoms with Gasteiger partial charge in [0.05, 0.1) is 0 Å². The Hall–Kier alpha value is -2.15. The molecule has 1 fully saturated rings. The Balaban J connectivity index is 1.85. The van der Waals surface area contributed by atoms with Gasteiger partial charge in [-0.1, -0.05) is 6.07 Å². The Kier molecular flexibility index (Phi) is 6.99. The number of hydrogen-bond donors (Lipinski definition) is 2. The summed E-state index contributed by atoms with van der Waals surface area (Å²) in [5.74, 6) is -0.573. The summed E-state index contributed by atoms with van der Waals surface area (Å²) in [5, 5.41) is 5.48. The van der Waals surface area contributed by atoms with E-state index < -0.39 is 11.9 Å². The van der Waals surface area contributed by atoms with E-state index in [2.05, 4.69) is 10.6 Å². The van der Waals surface area contributed by atoms with Crippen molar-refractivity contribution in [2.24, 2.45) is 0 Å². The maximum atomic E-state index is 13.2. The second kappa shape index (κ2) is 9.22. The van der Waals surface area contributed by atoms with E-state index in [1.165, 1.54) is 23.1 Å². The zero-order valence-corrected chi connectivity index (χ0v) is 13.9. The van der Waals surface area contributed by atoms with E-state index in [4.69, 9.17) is 4.74 Å². The summed E-state index contributed by atoms with van der Waals surface area (Å²) in [7, 11) is 0. The van der Waals surface area contributed by atoms with Crippen LogP contribution in [0.15, 0.2) is 24.3 Å². The number of carbonyl (C=O) groups is 2. The Labute approximate surface area is 141 Å². The van der Waals surface area contributed by atoms with Crippen LogP contribution in [0.1, 0.15) is 26.2 Å². The van der Waals surface area contributed by atoms with Crippen molar-refractivity contribution in [3.8, 4) is 0 Å². The number of rotatable bonds is 7. The van der Waals surface area contributed by atoms with Crippen LogP contribution in [0.2, 0.25) is 0 Å². The molecule has 0 unspecified atom stereocenters. The highest BCUT2D eigenvalue weighted by Crippen LogP contribution is 2.19. The number of urea groups is 1. The van der Waals surface area contributed by atoms with E-state index in [9.17, 15) is 14.0 Å². The smallest absolute Gasteiger partial charge is 0.322 e. The number of likely N-dealkylation sites (tertiary alicyclic amines) is 1. The zero-order valence-electron chi connectivity index (χ0n) is 13.9. The molecular weight excluding hydrogens is 313 g/mol. The molecular formula is C17H24FN3O3. The van der Waals surface area contributed by atoms with E-state index in [0.29, 0.717) is 38.4 Å². The molecule has 1 aliphatic rings. The standard InChI is InChI=1S/C17H24FN3O3/c1-2-24-11-5-9-19-16(22)15-8-4-10-21(15)17(23)20-14-7-3-6-13(18)12-14/h3,6-7,12,15H,2,4-5,8-11H2,1H3,(H,19,22)(H,20,23)/t15-/m1/s1. The third-order valence-electron chi connectivity index (χ3n) is 3.86. The molecule has 7 heteroatoms. The van der Waals surface area contributed by atoms with Gasteiger partial charge in [-0.05, 0) is 44.4 Å². The lowest BCUT2D eigenvalue weighted by Gasteiger charge is -2.24. The summed E-state index contributed by atoms with van der Waals surface area (Å²) in [4.78, 5) is 26.1. The quantitative estimate of drug-likeness (QED) is 0.751. The van der Waals surface area contributed by atoms with Crippen LogP contribution in [0.4, 0.5) is 14.9 Å². The van der Waals surface area contributed by atoms with Crippen molar-refractivity contribution in [2.75, 3.05) is 31.6 Å². The van der Waals surface area contributed by atoms with Gasteiger partial charge in [-0.15, -0.1) is 0 Å². The number of ether oxygens (including phenoxy) is 1. The molecule has 0 saturated carbocycles. The Bertz CT molecular complexity index is 568. The third kappa shape index (κ3) is 5.19. The van der Waals surface area contributed by atoms with Crippen molar-refractivity contribution in [1.29, 1.82) is 0 Å². The second-order valence-electron chi connectivity index (χ2n) is 5.63. The highest BCUT2D eigenvalue weighted by Gasteiger charge is 2.33. The Morgan fingerprint density at radius 1 is 1.42 bits per heavy atom. The topological polar surface area (TPSA) is 70.7 Å². The summed E-state index contributed by atoms with van der Waals surface area (Å²) in [5.41, 5.74) is 0.378.